The molecule has 0 unspecified atom stereocenters. The fourth-order valence-corrected chi connectivity index (χ4v) is 3.63. The molecule has 2 aromatic heterocycles. The van der Waals surface area contributed by atoms with Gasteiger partial charge >= 0.3 is 0 Å². The van der Waals surface area contributed by atoms with Crippen molar-refractivity contribution >= 4 is 17.2 Å². The molecular formula is C18H20N4O2S. The quantitative estimate of drug-likeness (QED) is 0.737. The van der Waals surface area contributed by atoms with Crippen molar-refractivity contribution in [3.05, 3.63) is 52.3 Å². The Morgan fingerprint density at radius 3 is 2.64 bits per heavy atom. The second-order valence-corrected chi connectivity index (χ2v) is 6.90. The number of aromatic nitrogens is 3. The zero-order valence-electron chi connectivity index (χ0n) is 14.4. The number of phenolic OH excluding ortho intramolecular Hbond substituents is 1. The summed E-state index contributed by atoms with van der Waals surface area (Å²) >= 11 is 1.37. The van der Waals surface area contributed by atoms with Crippen LogP contribution in [-0.2, 0) is 13.5 Å². The molecule has 0 aliphatic rings. The van der Waals surface area contributed by atoms with Gasteiger partial charge in [0.2, 0.25) is 0 Å². The first-order valence-electron chi connectivity index (χ1n) is 7.98. The summed E-state index contributed by atoms with van der Waals surface area (Å²) in [6, 6.07) is 6.98. The lowest BCUT2D eigenvalue weighted by atomic mass is 10.1. The Balaban J connectivity index is 1.63. The minimum absolute atomic E-state index is 0.123. The summed E-state index contributed by atoms with van der Waals surface area (Å²) < 4.78 is 1.82. The Bertz CT molecular complexity index is 896. The minimum atomic E-state index is -0.123. The van der Waals surface area contributed by atoms with Gasteiger partial charge in [-0.3, -0.25) is 9.48 Å². The number of rotatable bonds is 5. The molecule has 3 aromatic rings. The molecule has 0 bridgehead atoms. The maximum atomic E-state index is 12.3. The Morgan fingerprint density at radius 1 is 1.28 bits per heavy atom. The normalized spacial score (nSPS) is 10.8. The number of carbonyl (C=O) groups is 1. The van der Waals surface area contributed by atoms with E-state index >= 15 is 0 Å². The molecule has 0 aliphatic carbocycles. The number of amides is 1. The van der Waals surface area contributed by atoms with Gasteiger partial charge in [-0.2, -0.15) is 5.10 Å². The van der Waals surface area contributed by atoms with Crippen LogP contribution in [0.4, 0.5) is 0 Å². The maximum absolute atomic E-state index is 12.3. The van der Waals surface area contributed by atoms with Crippen LogP contribution in [0.3, 0.4) is 0 Å². The van der Waals surface area contributed by atoms with E-state index in [4.69, 9.17) is 0 Å². The summed E-state index contributed by atoms with van der Waals surface area (Å²) in [6.07, 6.45) is 2.32. The second kappa shape index (κ2) is 7.06. The first-order valence-corrected chi connectivity index (χ1v) is 8.80. The van der Waals surface area contributed by atoms with Gasteiger partial charge in [0, 0.05) is 19.3 Å². The molecule has 25 heavy (non-hydrogen) atoms. The van der Waals surface area contributed by atoms with E-state index in [1.807, 2.05) is 37.7 Å². The van der Waals surface area contributed by atoms with E-state index in [9.17, 15) is 9.90 Å². The summed E-state index contributed by atoms with van der Waals surface area (Å²) in [7, 11) is 1.90. The van der Waals surface area contributed by atoms with Gasteiger partial charge in [-0.25, -0.2) is 4.98 Å². The van der Waals surface area contributed by atoms with E-state index in [-0.39, 0.29) is 11.7 Å². The summed E-state index contributed by atoms with van der Waals surface area (Å²) in [5, 5.41) is 17.4. The molecule has 3 rings (SSSR count). The van der Waals surface area contributed by atoms with Crippen molar-refractivity contribution in [3.8, 4) is 16.3 Å². The molecule has 0 saturated heterocycles. The largest absolute Gasteiger partial charge is 0.508 e. The SMILES string of the molecule is Cc1nn(C)c(C)c1-c1ncc(C(=O)NCCc2ccc(O)cc2)s1. The third kappa shape index (κ3) is 3.71. The molecule has 0 radical (unpaired) electrons. The van der Waals surface area contributed by atoms with Crippen LogP contribution in [0.15, 0.2) is 30.5 Å². The van der Waals surface area contributed by atoms with E-state index < -0.39 is 0 Å². The van der Waals surface area contributed by atoms with Crippen LogP contribution in [0.25, 0.3) is 10.6 Å². The zero-order chi connectivity index (χ0) is 18.0. The number of thiazole rings is 1. The summed E-state index contributed by atoms with van der Waals surface area (Å²) in [6.45, 7) is 4.47. The zero-order valence-corrected chi connectivity index (χ0v) is 15.2. The lowest BCUT2D eigenvalue weighted by molar-refractivity contribution is 0.0958. The van der Waals surface area contributed by atoms with E-state index in [1.54, 1.807) is 18.3 Å². The van der Waals surface area contributed by atoms with Crippen molar-refractivity contribution in [2.24, 2.45) is 7.05 Å². The van der Waals surface area contributed by atoms with Crippen molar-refractivity contribution in [2.45, 2.75) is 20.3 Å². The number of benzene rings is 1. The van der Waals surface area contributed by atoms with Crippen LogP contribution < -0.4 is 5.32 Å². The third-order valence-electron chi connectivity index (χ3n) is 4.09. The van der Waals surface area contributed by atoms with Gasteiger partial charge in [-0.05, 0) is 38.0 Å². The fraction of sp³-hybridized carbons (Fsp3) is 0.278. The van der Waals surface area contributed by atoms with Gasteiger partial charge in [-0.15, -0.1) is 11.3 Å². The number of aryl methyl sites for hydroxylation is 2. The molecule has 0 aliphatic heterocycles. The number of nitrogens with one attached hydrogen (secondary N) is 1. The van der Waals surface area contributed by atoms with Crippen molar-refractivity contribution in [2.75, 3.05) is 6.54 Å². The molecule has 0 atom stereocenters. The van der Waals surface area contributed by atoms with Gasteiger partial charge < -0.3 is 10.4 Å². The third-order valence-corrected chi connectivity index (χ3v) is 5.10. The Labute approximate surface area is 150 Å². The molecule has 130 valence electrons. The number of nitrogens with zero attached hydrogens (tertiary/aromatic N) is 3. The van der Waals surface area contributed by atoms with Gasteiger partial charge in [0.05, 0.1) is 17.5 Å². The van der Waals surface area contributed by atoms with E-state index in [1.165, 1.54) is 11.3 Å². The van der Waals surface area contributed by atoms with Crippen LogP contribution in [0.5, 0.6) is 5.75 Å². The van der Waals surface area contributed by atoms with Gasteiger partial charge in [0.15, 0.2) is 0 Å². The van der Waals surface area contributed by atoms with E-state index in [2.05, 4.69) is 15.4 Å². The number of hydrogen-bond acceptors (Lipinski definition) is 5. The summed E-state index contributed by atoms with van der Waals surface area (Å²) in [5.41, 5.74) is 4.00. The Kier molecular flexibility index (Phi) is 4.85. The van der Waals surface area contributed by atoms with Crippen molar-refractivity contribution in [3.63, 3.8) is 0 Å². The van der Waals surface area contributed by atoms with Gasteiger partial charge in [0.25, 0.3) is 5.91 Å². The molecule has 6 nitrogen and oxygen atoms in total. The van der Waals surface area contributed by atoms with Crippen molar-refractivity contribution in [1.29, 1.82) is 0 Å². The molecule has 1 amide bonds. The Morgan fingerprint density at radius 2 is 2.00 bits per heavy atom. The molecule has 2 heterocycles. The lowest BCUT2D eigenvalue weighted by Gasteiger charge is -2.04. The van der Waals surface area contributed by atoms with Gasteiger partial charge in [0.1, 0.15) is 15.6 Å². The predicted octanol–water partition coefficient (Wildman–Crippen LogP) is 2.84. The molecule has 7 heteroatoms. The highest BCUT2D eigenvalue weighted by molar-refractivity contribution is 7.16. The minimum Gasteiger partial charge on any atom is -0.508 e. The first kappa shape index (κ1) is 17.2. The van der Waals surface area contributed by atoms with Crippen LogP contribution in [-0.4, -0.2) is 32.3 Å². The van der Waals surface area contributed by atoms with E-state index in [0.717, 1.165) is 27.5 Å². The number of aromatic hydroxyl groups is 1. The van der Waals surface area contributed by atoms with Crippen LogP contribution in [0.2, 0.25) is 0 Å². The van der Waals surface area contributed by atoms with Crippen molar-refractivity contribution in [1.82, 2.24) is 20.1 Å². The second-order valence-electron chi connectivity index (χ2n) is 5.87. The standard InChI is InChI=1S/C18H20N4O2S/c1-11-16(12(2)22(3)21-11)18-20-10-15(25-18)17(24)19-9-8-13-4-6-14(23)7-5-13/h4-7,10,23H,8-9H2,1-3H3,(H,19,24). The highest BCUT2D eigenvalue weighted by Crippen LogP contribution is 2.30. The molecule has 0 spiro atoms. The number of phenols is 1. The van der Waals surface area contributed by atoms with Gasteiger partial charge in [-0.1, -0.05) is 12.1 Å². The van der Waals surface area contributed by atoms with Crippen LogP contribution >= 0.6 is 11.3 Å². The smallest absolute Gasteiger partial charge is 0.263 e. The molecule has 1 aromatic carbocycles. The average Bonchev–Trinajstić information content (AvgIpc) is 3.14. The van der Waals surface area contributed by atoms with E-state index in [0.29, 0.717) is 17.8 Å². The molecular weight excluding hydrogens is 336 g/mol. The van der Waals surface area contributed by atoms with Crippen LogP contribution in [0.1, 0.15) is 26.6 Å². The molecule has 0 fully saturated rings. The fourth-order valence-electron chi connectivity index (χ4n) is 2.65. The highest BCUT2D eigenvalue weighted by Gasteiger charge is 2.17. The lowest BCUT2D eigenvalue weighted by Crippen LogP contribution is -2.24. The van der Waals surface area contributed by atoms with Crippen molar-refractivity contribution < 1.29 is 9.90 Å². The maximum Gasteiger partial charge on any atom is 0.263 e. The Hall–Kier alpha value is -2.67. The monoisotopic (exact) mass is 356 g/mol. The van der Waals surface area contributed by atoms with Crippen LogP contribution in [0, 0.1) is 13.8 Å². The predicted molar refractivity (Wildman–Crippen MR) is 97.9 cm³/mol. The first-order chi connectivity index (χ1) is 12.0. The highest BCUT2D eigenvalue weighted by atomic mass is 32.1. The molecule has 0 saturated carbocycles. The molecule has 2 N–H and O–H groups in total. The topological polar surface area (TPSA) is 80.0 Å². The summed E-state index contributed by atoms with van der Waals surface area (Å²) in [5.74, 6) is 0.118. The summed E-state index contributed by atoms with van der Waals surface area (Å²) in [4.78, 5) is 17.3. The number of hydrogen-bond donors (Lipinski definition) is 2. The number of carbonyl (C=O) groups excluding carboxylic acids is 1. The average molecular weight is 356 g/mol.